The fourth-order valence-electron chi connectivity index (χ4n) is 3.40. The number of benzene rings is 3. The summed E-state index contributed by atoms with van der Waals surface area (Å²) < 4.78 is 10.9. The molecule has 0 radical (unpaired) electrons. The first kappa shape index (κ1) is 22.9. The summed E-state index contributed by atoms with van der Waals surface area (Å²) in [5, 5.41) is 23.1. The summed E-state index contributed by atoms with van der Waals surface area (Å²) in [5.74, 6) is -1.21. The van der Waals surface area contributed by atoms with E-state index >= 15 is 0 Å². The van der Waals surface area contributed by atoms with Gasteiger partial charge < -0.3 is 9.15 Å². The van der Waals surface area contributed by atoms with Gasteiger partial charge in [0.2, 0.25) is 5.88 Å². The van der Waals surface area contributed by atoms with Crippen molar-refractivity contribution >= 4 is 23.4 Å². The van der Waals surface area contributed by atoms with E-state index in [1.165, 1.54) is 12.1 Å². The molecule has 0 unspecified atom stereocenters. The molecule has 1 amide bonds. The number of carbonyl (C=O) groups excluding carboxylic acids is 2. The van der Waals surface area contributed by atoms with E-state index in [4.69, 9.17) is 9.15 Å². The Kier molecular flexibility index (Phi) is 6.65. The summed E-state index contributed by atoms with van der Waals surface area (Å²) in [6.07, 6.45) is 0. The second kappa shape index (κ2) is 10.1. The summed E-state index contributed by atoms with van der Waals surface area (Å²) in [6.45, 7) is -0.650. The van der Waals surface area contributed by atoms with Gasteiger partial charge in [0.1, 0.15) is 17.4 Å². The third-order valence-electron chi connectivity index (χ3n) is 5.02. The molecule has 0 bridgehead atoms. The number of ether oxygens (including phenoxy) is 1. The molecular formula is C26H17N3O6. The number of rotatable bonds is 7. The molecule has 1 N–H and O–H groups in total. The number of nitrogens with zero attached hydrogens (tertiary/aromatic N) is 2. The van der Waals surface area contributed by atoms with E-state index in [0.717, 1.165) is 17.7 Å². The fourth-order valence-corrected chi connectivity index (χ4v) is 3.40. The van der Waals surface area contributed by atoms with Crippen molar-refractivity contribution in [3.63, 3.8) is 0 Å². The molecule has 0 saturated heterocycles. The van der Waals surface area contributed by atoms with Crippen LogP contribution in [0.1, 0.15) is 15.9 Å². The standard InChI is InChI=1S/C26H17N3O6/c27-15-21-23(17-7-3-1-4-8-17)24(18-9-5-2-6-10-18)35-25(21)28-22(30)16-34-26(31)19-11-13-20(14-12-19)29(32)33/h1-14H,16H2,(H,28,30). The zero-order chi connectivity index (χ0) is 24.8. The fraction of sp³-hybridized carbons (Fsp3) is 0.0385. The molecule has 1 aromatic heterocycles. The normalized spacial score (nSPS) is 10.3. The zero-order valence-electron chi connectivity index (χ0n) is 18.1. The van der Waals surface area contributed by atoms with E-state index in [0.29, 0.717) is 16.9 Å². The predicted octanol–water partition coefficient (Wildman–Crippen LogP) is 5.19. The Hall–Kier alpha value is -5.23. The molecule has 0 atom stereocenters. The first-order chi connectivity index (χ1) is 17.0. The van der Waals surface area contributed by atoms with Crippen molar-refractivity contribution < 1.29 is 23.7 Å². The molecule has 172 valence electrons. The van der Waals surface area contributed by atoms with Gasteiger partial charge in [0, 0.05) is 23.3 Å². The molecule has 0 fully saturated rings. The molecule has 0 aliphatic heterocycles. The Morgan fingerprint density at radius 3 is 2.11 bits per heavy atom. The monoisotopic (exact) mass is 467 g/mol. The lowest BCUT2D eigenvalue weighted by Gasteiger charge is -2.05. The summed E-state index contributed by atoms with van der Waals surface area (Å²) in [4.78, 5) is 34.8. The van der Waals surface area contributed by atoms with Crippen molar-refractivity contribution in [3.8, 4) is 28.5 Å². The van der Waals surface area contributed by atoms with Crippen LogP contribution in [0.4, 0.5) is 11.6 Å². The van der Waals surface area contributed by atoms with Gasteiger partial charge >= 0.3 is 5.97 Å². The Labute approximate surface area is 199 Å². The number of nitrogens with one attached hydrogen (secondary N) is 1. The second-order valence-corrected chi connectivity index (χ2v) is 7.28. The van der Waals surface area contributed by atoms with Crippen LogP contribution in [-0.4, -0.2) is 23.4 Å². The molecule has 3 aromatic carbocycles. The number of nitriles is 1. The average Bonchev–Trinajstić information content (AvgIpc) is 3.26. The minimum Gasteiger partial charge on any atom is -0.452 e. The first-order valence-corrected chi connectivity index (χ1v) is 10.4. The number of non-ortho nitro benzene ring substituents is 1. The SMILES string of the molecule is N#Cc1c(NC(=O)COC(=O)c2ccc([N+](=O)[O-])cc2)oc(-c2ccccc2)c1-c1ccccc1. The third kappa shape index (κ3) is 5.07. The van der Waals surface area contributed by atoms with Crippen molar-refractivity contribution in [3.05, 3.63) is 106 Å². The summed E-state index contributed by atoms with van der Waals surface area (Å²) in [5.41, 5.74) is 1.98. The van der Waals surface area contributed by atoms with E-state index in [-0.39, 0.29) is 22.7 Å². The number of nitro benzene ring substituents is 1. The molecule has 4 aromatic rings. The molecule has 0 saturated carbocycles. The van der Waals surface area contributed by atoms with Crippen LogP contribution in [0.25, 0.3) is 22.5 Å². The van der Waals surface area contributed by atoms with Crippen LogP contribution < -0.4 is 5.32 Å². The van der Waals surface area contributed by atoms with Gasteiger partial charge in [0.15, 0.2) is 6.61 Å². The van der Waals surface area contributed by atoms with Crippen LogP contribution in [-0.2, 0) is 9.53 Å². The highest BCUT2D eigenvalue weighted by Crippen LogP contribution is 2.41. The molecule has 9 heteroatoms. The van der Waals surface area contributed by atoms with E-state index < -0.39 is 23.4 Å². The van der Waals surface area contributed by atoms with Gasteiger partial charge in [-0.05, 0) is 17.7 Å². The van der Waals surface area contributed by atoms with Gasteiger partial charge in [-0.2, -0.15) is 5.26 Å². The van der Waals surface area contributed by atoms with Crippen molar-refractivity contribution in [2.75, 3.05) is 11.9 Å². The minimum absolute atomic E-state index is 0.0526. The number of nitro groups is 1. The molecule has 1 heterocycles. The number of esters is 1. The Morgan fingerprint density at radius 1 is 0.943 bits per heavy atom. The van der Waals surface area contributed by atoms with E-state index in [1.807, 2.05) is 60.7 Å². The van der Waals surface area contributed by atoms with Gasteiger partial charge in [-0.25, -0.2) is 4.79 Å². The predicted molar refractivity (Wildman–Crippen MR) is 126 cm³/mol. The number of hydrogen-bond donors (Lipinski definition) is 1. The lowest BCUT2D eigenvalue weighted by atomic mass is 9.98. The Morgan fingerprint density at radius 2 is 1.54 bits per heavy atom. The molecule has 0 aliphatic rings. The largest absolute Gasteiger partial charge is 0.452 e. The zero-order valence-corrected chi connectivity index (χ0v) is 18.1. The number of amides is 1. The van der Waals surface area contributed by atoms with E-state index in [1.54, 1.807) is 0 Å². The highest BCUT2D eigenvalue weighted by molar-refractivity contribution is 5.98. The highest BCUT2D eigenvalue weighted by atomic mass is 16.6. The van der Waals surface area contributed by atoms with Crippen LogP contribution in [0.2, 0.25) is 0 Å². The molecular weight excluding hydrogens is 450 g/mol. The maximum Gasteiger partial charge on any atom is 0.338 e. The van der Waals surface area contributed by atoms with Crippen LogP contribution in [0.5, 0.6) is 0 Å². The van der Waals surface area contributed by atoms with Crippen LogP contribution in [0.15, 0.2) is 89.3 Å². The molecule has 4 rings (SSSR count). The summed E-state index contributed by atoms with van der Waals surface area (Å²) in [6, 6.07) is 25.2. The first-order valence-electron chi connectivity index (χ1n) is 10.4. The molecule has 0 aliphatic carbocycles. The maximum atomic E-state index is 12.5. The highest BCUT2D eigenvalue weighted by Gasteiger charge is 2.24. The second-order valence-electron chi connectivity index (χ2n) is 7.28. The maximum absolute atomic E-state index is 12.5. The number of carbonyl (C=O) groups is 2. The smallest absolute Gasteiger partial charge is 0.338 e. The van der Waals surface area contributed by atoms with Crippen molar-refractivity contribution in [1.29, 1.82) is 5.26 Å². The molecule has 35 heavy (non-hydrogen) atoms. The van der Waals surface area contributed by atoms with Crippen LogP contribution >= 0.6 is 0 Å². The van der Waals surface area contributed by atoms with Crippen LogP contribution in [0.3, 0.4) is 0 Å². The van der Waals surface area contributed by atoms with Gasteiger partial charge in [-0.15, -0.1) is 0 Å². The van der Waals surface area contributed by atoms with E-state index in [9.17, 15) is 25.0 Å². The third-order valence-corrected chi connectivity index (χ3v) is 5.02. The van der Waals surface area contributed by atoms with Crippen molar-refractivity contribution in [2.24, 2.45) is 0 Å². The van der Waals surface area contributed by atoms with E-state index in [2.05, 4.69) is 11.4 Å². The number of furan rings is 1. The average molecular weight is 467 g/mol. The summed E-state index contributed by atoms with van der Waals surface area (Å²) >= 11 is 0. The van der Waals surface area contributed by atoms with Gasteiger partial charge in [0.05, 0.1) is 10.5 Å². The lowest BCUT2D eigenvalue weighted by molar-refractivity contribution is -0.384. The van der Waals surface area contributed by atoms with Gasteiger partial charge in [0.25, 0.3) is 11.6 Å². The Bertz CT molecular complexity index is 1420. The number of anilines is 1. The van der Waals surface area contributed by atoms with Crippen molar-refractivity contribution in [1.82, 2.24) is 0 Å². The van der Waals surface area contributed by atoms with Crippen molar-refractivity contribution in [2.45, 2.75) is 0 Å². The summed E-state index contributed by atoms with van der Waals surface area (Å²) in [7, 11) is 0. The lowest BCUT2D eigenvalue weighted by Crippen LogP contribution is -2.21. The number of hydrogen-bond acceptors (Lipinski definition) is 7. The minimum atomic E-state index is -0.829. The van der Waals surface area contributed by atoms with Crippen LogP contribution in [0, 0.1) is 21.4 Å². The Balaban J connectivity index is 1.55. The topological polar surface area (TPSA) is 135 Å². The molecule has 9 nitrogen and oxygen atoms in total. The van der Waals surface area contributed by atoms with Gasteiger partial charge in [-0.1, -0.05) is 60.7 Å². The van der Waals surface area contributed by atoms with Gasteiger partial charge in [-0.3, -0.25) is 20.2 Å². The molecule has 0 spiro atoms. The quantitative estimate of drug-likeness (QED) is 0.224.